The average Bonchev–Trinajstić information content (AvgIpc) is 3.61. The van der Waals surface area contributed by atoms with Gasteiger partial charge in [-0.25, -0.2) is 4.79 Å². The van der Waals surface area contributed by atoms with Crippen molar-refractivity contribution in [3.8, 4) is 16.8 Å². The summed E-state index contributed by atoms with van der Waals surface area (Å²) < 4.78 is 7.55. The third kappa shape index (κ3) is 6.15. The van der Waals surface area contributed by atoms with Gasteiger partial charge in [-0.15, -0.1) is 10.2 Å². The first-order chi connectivity index (χ1) is 20.7. The van der Waals surface area contributed by atoms with E-state index in [1.165, 1.54) is 16.7 Å². The van der Waals surface area contributed by atoms with Crippen LogP contribution in [0.3, 0.4) is 0 Å². The number of fused-ring (bicyclic) bond motifs is 2. The number of carbonyl (C=O) groups is 2. The molecule has 0 atom stereocenters. The molecule has 3 aromatic carbocycles. The SMILES string of the molecule is CC(C)(C)OC(=O)NC1CCC(C(=O)c2nnc(-c3cc4ccc(C#N)cc4n3Cc3cccc4ccccc34)s2)CC1. The van der Waals surface area contributed by atoms with Crippen LogP contribution in [0.15, 0.2) is 66.7 Å². The van der Waals surface area contributed by atoms with Crippen LogP contribution < -0.4 is 5.32 Å². The topological polar surface area (TPSA) is 110 Å². The van der Waals surface area contributed by atoms with Crippen LogP contribution >= 0.6 is 11.3 Å². The first-order valence-electron chi connectivity index (χ1n) is 14.6. The number of ether oxygens (including phenoxy) is 1. The minimum atomic E-state index is -0.550. The van der Waals surface area contributed by atoms with Crippen molar-refractivity contribution in [2.75, 3.05) is 0 Å². The Hall–Kier alpha value is -4.55. The number of Topliss-reactive ketones (excluding diaryl/α,β-unsaturated/α-hetero) is 1. The number of amides is 1. The van der Waals surface area contributed by atoms with E-state index in [0.29, 0.717) is 47.8 Å². The summed E-state index contributed by atoms with van der Waals surface area (Å²) in [5.41, 5.74) is 2.98. The van der Waals surface area contributed by atoms with Gasteiger partial charge >= 0.3 is 6.09 Å². The Kier molecular flexibility index (Phi) is 7.72. The molecule has 0 bridgehead atoms. The van der Waals surface area contributed by atoms with Gasteiger partial charge < -0.3 is 14.6 Å². The summed E-state index contributed by atoms with van der Waals surface area (Å²) in [6.07, 6.45) is 2.35. The monoisotopic (exact) mass is 591 g/mol. The fourth-order valence-corrected chi connectivity index (χ4v) is 6.73. The van der Waals surface area contributed by atoms with Crippen LogP contribution in [-0.4, -0.2) is 38.3 Å². The van der Waals surface area contributed by atoms with Crippen LogP contribution in [0.4, 0.5) is 4.79 Å². The van der Waals surface area contributed by atoms with Crippen LogP contribution in [0.1, 0.15) is 67.4 Å². The van der Waals surface area contributed by atoms with Crippen molar-refractivity contribution in [1.29, 1.82) is 5.26 Å². The summed E-state index contributed by atoms with van der Waals surface area (Å²) >= 11 is 1.31. The molecule has 8 nitrogen and oxygen atoms in total. The second kappa shape index (κ2) is 11.6. The maximum atomic E-state index is 13.5. The van der Waals surface area contributed by atoms with E-state index in [4.69, 9.17) is 4.74 Å². The fourth-order valence-electron chi connectivity index (χ4n) is 5.85. The van der Waals surface area contributed by atoms with Gasteiger partial charge in [-0.2, -0.15) is 5.26 Å². The highest BCUT2D eigenvalue weighted by molar-refractivity contribution is 7.16. The first kappa shape index (κ1) is 28.6. The van der Waals surface area contributed by atoms with Crippen LogP contribution in [-0.2, 0) is 11.3 Å². The number of rotatable bonds is 6. The smallest absolute Gasteiger partial charge is 0.407 e. The van der Waals surface area contributed by atoms with Crippen molar-refractivity contribution < 1.29 is 14.3 Å². The van der Waals surface area contributed by atoms with E-state index in [9.17, 15) is 14.9 Å². The Labute approximate surface area is 254 Å². The molecule has 1 fully saturated rings. The molecule has 1 amide bonds. The maximum Gasteiger partial charge on any atom is 0.407 e. The largest absolute Gasteiger partial charge is 0.444 e. The van der Waals surface area contributed by atoms with E-state index < -0.39 is 11.7 Å². The van der Waals surface area contributed by atoms with E-state index in [1.807, 2.05) is 51.1 Å². The molecular formula is C34H33N5O3S. The predicted molar refractivity (Wildman–Crippen MR) is 168 cm³/mol. The van der Waals surface area contributed by atoms with Gasteiger partial charge in [0.25, 0.3) is 0 Å². The minimum absolute atomic E-state index is 0.00273. The zero-order valence-corrected chi connectivity index (χ0v) is 25.3. The van der Waals surface area contributed by atoms with Gasteiger partial charge in [0.05, 0.1) is 22.8 Å². The van der Waals surface area contributed by atoms with Crippen molar-refractivity contribution in [3.05, 3.63) is 82.9 Å². The molecule has 1 N–H and O–H groups in total. The maximum absolute atomic E-state index is 13.5. The van der Waals surface area contributed by atoms with Crippen LogP contribution in [0.2, 0.25) is 0 Å². The summed E-state index contributed by atoms with van der Waals surface area (Å²) in [5, 5.41) is 25.7. The normalized spacial score (nSPS) is 17.1. The molecule has 1 aliphatic rings. The van der Waals surface area contributed by atoms with Crippen LogP contribution in [0, 0.1) is 17.2 Å². The van der Waals surface area contributed by atoms with Crippen LogP contribution in [0.25, 0.3) is 32.4 Å². The molecule has 2 heterocycles. The lowest BCUT2D eigenvalue weighted by molar-refractivity contribution is 0.0487. The standard InChI is InChI=1S/C34H33N5O3S/c1-34(2,3)42-33(41)36-26-15-13-23(14-16-26)30(40)32-38-37-31(43-32)29-18-24-12-11-21(19-35)17-28(24)39(29)20-25-9-6-8-22-7-4-5-10-27(22)25/h4-12,17-18,23,26H,13-16,20H2,1-3H3,(H,36,41). The minimum Gasteiger partial charge on any atom is -0.444 e. The Bertz CT molecular complexity index is 1860. The Balaban J connectivity index is 1.25. The molecule has 0 radical (unpaired) electrons. The number of nitrogens with one attached hydrogen (secondary N) is 1. The molecule has 0 aliphatic heterocycles. The lowest BCUT2D eigenvalue weighted by Gasteiger charge is -2.29. The second-order valence-electron chi connectivity index (χ2n) is 12.1. The average molecular weight is 592 g/mol. The van der Waals surface area contributed by atoms with Gasteiger partial charge in [0, 0.05) is 23.9 Å². The number of carbonyl (C=O) groups excluding carboxylic acids is 2. The Morgan fingerprint density at radius 3 is 2.53 bits per heavy atom. The van der Waals surface area contributed by atoms with Gasteiger partial charge in [0.1, 0.15) is 5.60 Å². The third-order valence-electron chi connectivity index (χ3n) is 7.92. The molecule has 0 spiro atoms. The van der Waals surface area contributed by atoms with E-state index in [-0.39, 0.29) is 17.7 Å². The quantitative estimate of drug-likeness (QED) is 0.205. The number of aromatic nitrogens is 3. The number of hydrogen-bond acceptors (Lipinski definition) is 7. The third-order valence-corrected chi connectivity index (χ3v) is 8.88. The Morgan fingerprint density at radius 1 is 1.00 bits per heavy atom. The number of alkyl carbamates (subject to hydrolysis) is 1. The van der Waals surface area contributed by atoms with E-state index in [2.05, 4.69) is 62.5 Å². The first-order valence-corrected chi connectivity index (χ1v) is 15.4. The molecule has 5 aromatic rings. The van der Waals surface area contributed by atoms with E-state index >= 15 is 0 Å². The molecule has 1 saturated carbocycles. The zero-order valence-electron chi connectivity index (χ0n) is 24.5. The molecule has 2 aromatic heterocycles. The summed E-state index contributed by atoms with van der Waals surface area (Å²) in [4.78, 5) is 25.7. The molecule has 0 saturated heterocycles. The van der Waals surface area contributed by atoms with Crippen molar-refractivity contribution in [2.45, 2.75) is 64.6 Å². The van der Waals surface area contributed by atoms with Crippen LogP contribution in [0.5, 0.6) is 0 Å². The van der Waals surface area contributed by atoms with Crippen molar-refractivity contribution in [2.24, 2.45) is 5.92 Å². The Morgan fingerprint density at radius 2 is 1.77 bits per heavy atom. The highest BCUT2D eigenvalue weighted by Gasteiger charge is 2.31. The summed E-state index contributed by atoms with van der Waals surface area (Å²) in [6, 6.07) is 24.6. The number of ketones is 1. The fraction of sp³-hybridized carbons (Fsp3) is 0.324. The van der Waals surface area contributed by atoms with Gasteiger partial charge in [-0.05, 0) is 81.0 Å². The molecular weight excluding hydrogens is 558 g/mol. The molecule has 9 heteroatoms. The van der Waals surface area contributed by atoms with Crippen molar-refractivity contribution >= 4 is 44.9 Å². The molecule has 218 valence electrons. The van der Waals surface area contributed by atoms with Gasteiger partial charge in [-0.3, -0.25) is 4.79 Å². The number of hydrogen-bond donors (Lipinski definition) is 1. The molecule has 43 heavy (non-hydrogen) atoms. The predicted octanol–water partition coefficient (Wildman–Crippen LogP) is 7.50. The summed E-state index contributed by atoms with van der Waals surface area (Å²) in [6.45, 7) is 6.09. The molecule has 6 rings (SSSR count). The lowest BCUT2D eigenvalue weighted by atomic mass is 9.83. The van der Waals surface area contributed by atoms with Crippen molar-refractivity contribution in [3.63, 3.8) is 0 Å². The van der Waals surface area contributed by atoms with E-state index in [1.54, 1.807) is 0 Å². The highest BCUT2D eigenvalue weighted by atomic mass is 32.1. The highest BCUT2D eigenvalue weighted by Crippen LogP contribution is 2.35. The van der Waals surface area contributed by atoms with Gasteiger partial charge in [-0.1, -0.05) is 59.9 Å². The van der Waals surface area contributed by atoms with Gasteiger partial charge in [0.2, 0.25) is 0 Å². The lowest BCUT2D eigenvalue weighted by Crippen LogP contribution is -2.41. The van der Waals surface area contributed by atoms with E-state index in [0.717, 1.165) is 27.5 Å². The second-order valence-corrected chi connectivity index (χ2v) is 13.1. The molecule has 1 aliphatic carbocycles. The van der Waals surface area contributed by atoms with Crippen molar-refractivity contribution in [1.82, 2.24) is 20.1 Å². The zero-order chi connectivity index (χ0) is 30.1. The number of nitrogens with zero attached hydrogens (tertiary/aromatic N) is 4. The summed E-state index contributed by atoms with van der Waals surface area (Å²) in [5.74, 6) is -0.153. The van der Waals surface area contributed by atoms with Gasteiger partial charge in [0.15, 0.2) is 15.8 Å². The summed E-state index contributed by atoms with van der Waals surface area (Å²) in [7, 11) is 0. The number of benzene rings is 3. The molecule has 0 unspecified atom stereocenters. The number of nitriles is 1.